The second-order valence-corrected chi connectivity index (χ2v) is 6.75. The molecule has 1 aromatic carbocycles. The van der Waals surface area contributed by atoms with Crippen LogP contribution in [0.3, 0.4) is 0 Å². The maximum Gasteiger partial charge on any atom is 0.367 e. The normalized spacial score (nSPS) is 10.8. The van der Waals surface area contributed by atoms with Crippen molar-refractivity contribution in [1.82, 2.24) is 19.7 Å². The molecule has 0 fully saturated rings. The molecule has 2 aromatic heterocycles. The molecule has 3 aromatic rings. The Kier molecular flexibility index (Phi) is 4.21. The summed E-state index contributed by atoms with van der Waals surface area (Å²) >= 11 is 2.59. The lowest BCUT2D eigenvalue weighted by Crippen LogP contribution is -1.93. The largest absolute Gasteiger partial charge is 0.476 e. The van der Waals surface area contributed by atoms with E-state index in [1.807, 2.05) is 16.8 Å². The first-order chi connectivity index (χ1) is 10.6. The van der Waals surface area contributed by atoms with Gasteiger partial charge in [-0.3, -0.25) is 0 Å². The molecule has 0 spiro atoms. The van der Waals surface area contributed by atoms with E-state index in [9.17, 15) is 4.79 Å². The van der Waals surface area contributed by atoms with Gasteiger partial charge in [-0.15, -0.1) is 10.2 Å². The van der Waals surface area contributed by atoms with Crippen LogP contribution in [0.4, 0.5) is 0 Å². The Labute approximate surface area is 134 Å². The highest BCUT2D eigenvalue weighted by atomic mass is 32.2. The lowest BCUT2D eigenvalue weighted by molar-refractivity contribution is 0.0695. The van der Waals surface area contributed by atoms with Crippen molar-refractivity contribution in [3.63, 3.8) is 0 Å². The van der Waals surface area contributed by atoms with Gasteiger partial charge in [0.1, 0.15) is 0 Å². The monoisotopic (exact) mass is 332 g/mol. The minimum absolute atomic E-state index is 0.0228. The number of aromatic carboxylic acids is 1. The summed E-state index contributed by atoms with van der Waals surface area (Å²) < 4.78 is 2.61. The second-order valence-electron chi connectivity index (χ2n) is 4.55. The summed E-state index contributed by atoms with van der Waals surface area (Å²) in [5, 5.41) is 16.4. The Hall–Kier alpha value is -2.19. The predicted molar refractivity (Wildman–Crippen MR) is 84.7 cm³/mol. The lowest BCUT2D eigenvalue weighted by atomic mass is 10.1. The number of thioether (sulfide) groups is 1. The smallest absolute Gasteiger partial charge is 0.367 e. The van der Waals surface area contributed by atoms with E-state index >= 15 is 0 Å². The quantitative estimate of drug-likeness (QED) is 0.723. The molecular formula is C14H12N4O2S2. The molecular weight excluding hydrogens is 320 g/mol. The van der Waals surface area contributed by atoms with Crippen molar-refractivity contribution in [1.29, 1.82) is 0 Å². The number of imidazole rings is 1. The second kappa shape index (κ2) is 6.29. The minimum Gasteiger partial charge on any atom is -0.476 e. The number of rotatable bonds is 5. The maximum atomic E-state index is 10.8. The molecule has 1 N–H and O–H groups in total. The highest BCUT2D eigenvalue weighted by molar-refractivity contribution is 8.00. The summed E-state index contributed by atoms with van der Waals surface area (Å²) in [7, 11) is 0. The Morgan fingerprint density at radius 1 is 1.41 bits per heavy atom. The zero-order valence-corrected chi connectivity index (χ0v) is 13.3. The van der Waals surface area contributed by atoms with Crippen LogP contribution in [0.5, 0.6) is 0 Å². The fraction of sp³-hybridized carbons (Fsp3) is 0.143. The fourth-order valence-corrected chi connectivity index (χ4v) is 3.68. The van der Waals surface area contributed by atoms with Gasteiger partial charge < -0.3 is 9.67 Å². The SMILES string of the molecule is Cc1cc(-n2ccnc2)ccc1CSc1nnc(C(=O)O)s1. The van der Waals surface area contributed by atoms with Crippen LogP contribution in [0.15, 0.2) is 41.3 Å². The first-order valence-electron chi connectivity index (χ1n) is 6.41. The third-order valence-corrected chi connectivity index (χ3v) is 5.16. The number of benzene rings is 1. The summed E-state index contributed by atoms with van der Waals surface area (Å²) in [4.78, 5) is 14.8. The van der Waals surface area contributed by atoms with E-state index in [0.717, 1.165) is 22.8 Å². The van der Waals surface area contributed by atoms with Gasteiger partial charge >= 0.3 is 5.97 Å². The van der Waals surface area contributed by atoms with Gasteiger partial charge in [-0.05, 0) is 30.2 Å². The Bertz CT molecular complexity index is 799. The molecule has 0 radical (unpaired) electrons. The lowest BCUT2D eigenvalue weighted by Gasteiger charge is -2.08. The molecule has 2 heterocycles. The molecule has 0 saturated carbocycles. The number of nitrogens with zero attached hydrogens (tertiary/aromatic N) is 4. The number of carbonyl (C=O) groups is 1. The zero-order valence-electron chi connectivity index (χ0n) is 11.6. The zero-order chi connectivity index (χ0) is 15.5. The van der Waals surface area contributed by atoms with Crippen LogP contribution in [-0.2, 0) is 5.75 Å². The van der Waals surface area contributed by atoms with Crippen molar-refractivity contribution in [2.45, 2.75) is 17.0 Å². The van der Waals surface area contributed by atoms with Crippen LogP contribution in [-0.4, -0.2) is 30.8 Å². The summed E-state index contributed by atoms with van der Waals surface area (Å²) in [5.74, 6) is -0.310. The molecule has 3 rings (SSSR count). The summed E-state index contributed by atoms with van der Waals surface area (Å²) in [6.45, 7) is 2.05. The van der Waals surface area contributed by atoms with Gasteiger partial charge in [0, 0.05) is 23.8 Å². The Morgan fingerprint density at radius 2 is 2.27 bits per heavy atom. The molecule has 112 valence electrons. The van der Waals surface area contributed by atoms with Gasteiger partial charge in [-0.25, -0.2) is 9.78 Å². The molecule has 0 atom stereocenters. The number of carboxylic acid groups (broad SMARTS) is 1. The van der Waals surface area contributed by atoms with Gasteiger partial charge in [0.15, 0.2) is 4.34 Å². The molecule has 6 nitrogen and oxygen atoms in total. The summed E-state index contributed by atoms with van der Waals surface area (Å²) in [6, 6.07) is 6.20. The Morgan fingerprint density at radius 3 is 2.91 bits per heavy atom. The minimum atomic E-state index is -1.04. The number of hydrogen-bond acceptors (Lipinski definition) is 6. The van der Waals surface area contributed by atoms with E-state index in [1.54, 1.807) is 12.5 Å². The van der Waals surface area contributed by atoms with E-state index < -0.39 is 5.97 Å². The molecule has 22 heavy (non-hydrogen) atoms. The van der Waals surface area contributed by atoms with E-state index in [0.29, 0.717) is 4.34 Å². The van der Waals surface area contributed by atoms with Crippen LogP contribution in [0.2, 0.25) is 0 Å². The van der Waals surface area contributed by atoms with Gasteiger partial charge in [0.25, 0.3) is 0 Å². The molecule has 8 heteroatoms. The highest BCUT2D eigenvalue weighted by Gasteiger charge is 2.11. The van der Waals surface area contributed by atoms with Crippen molar-refractivity contribution >= 4 is 29.1 Å². The maximum absolute atomic E-state index is 10.8. The van der Waals surface area contributed by atoms with Gasteiger partial charge in [-0.2, -0.15) is 0 Å². The fourth-order valence-electron chi connectivity index (χ4n) is 1.91. The third-order valence-electron chi connectivity index (χ3n) is 3.07. The standard InChI is InChI=1S/C14H12N4O2S2/c1-9-6-11(18-5-4-15-8-18)3-2-10(9)7-21-14-17-16-12(22-14)13(19)20/h2-6,8H,7H2,1H3,(H,19,20). The topological polar surface area (TPSA) is 80.9 Å². The van der Waals surface area contributed by atoms with Crippen LogP contribution in [0.25, 0.3) is 5.69 Å². The molecule has 0 amide bonds. The number of aromatic nitrogens is 4. The molecule has 0 aliphatic rings. The van der Waals surface area contributed by atoms with Crippen LogP contribution in [0, 0.1) is 6.92 Å². The van der Waals surface area contributed by atoms with E-state index in [2.05, 4.69) is 34.2 Å². The molecule has 0 saturated heterocycles. The van der Waals surface area contributed by atoms with Crippen molar-refractivity contribution in [3.05, 3.63) is 53.1 Å². The average molecular weight is 332 g/mol. The van der Waals surface area contributed by atoms with Gasteiger partial charge in [0.05, 0.1) is 6.33 Å². The van der Waals surface area contributed by atoms with E-state index in [-0.39, 0.29) is 5.01 Å². The van der Waals surface area contributed by atoms with E-state index in [1.165, 1.54) is 22.9 Å². The highest BCUT2D eigenvalue weighted by Crippen LogP contribution is 2.27. The number of aryl methyl sites for hydroxylation is 1. The summed E-state index contributed by atoms with van der Waals surface area (Å²) in [5.41, 5.74) is 3.41. The van der Waals surface area contributed by atoms with E-state index in [4.69, 9.17) is 5.11 Å². The van der Waals surface area contributed by atoms with Crippen LogP contribution >= 0.6 is 23.1 Å². The predicted octanol–water partition coefficient (Wildman–Crippen LogP) is 3.02. The molecule has 0 unspecified atom stereocenters. The average Bonchev–Trinajstić information content (AvgIpc) is 3.17. The van der Waals surface area contributed by atoms with Crippen LogP contribution in [0.1, 0.15) is 20.9 Å². The summed E-state index contributed by atoms with van der Waals surface area (Å²) in [6.07, 6.45) is 5.41. The molecule has 0 bridgehead atoms. The molecule has 0 aliphatic heterocycles. The first-order valence-corrected chi connectivity index (χ1v) is 8.21. The third kappa shape index (κ3) is 3.18. The first kappa shape index (κ1) is 14.7. The van der Waals surface area contributed by atoms with Crippen molar-refractivity contribution in [3.8, 4) is 5.69 Å². The number of carboxylic acids is 1. The van der Waals surface area contributed by atoms with Crippen molar-refractivity contribution in [2.75, 3.05) is 0 Å². The van der Waals surface area contributed by atoms with Crippen LogP contribution < -0.4 is 0 Å². The Balaban J connectivity index is 1.71. The van der Waals surface area contributed by atoms with Crippen molar-refractivity contribution in [2.24, 2.45) is 0 Å². The van der Waals surface area contributed by atoms with Gasteiger partial charge in [-0.1, -0.05) is 29.2 Å². The van der Waals surface area contributed by atoms with Gasteiger partial charge in [0.2, 0.25) is 5.01 Å². The molecule has 0 aliphatic carbocycles. The number of hydrogen-bond donors (Lipinski definition) is 1. The van der Waals surface area contributed by atoms with Crippen molar-refractivity contribution < 1.29 is 9.90 Å².